The first-order valence-electron chi connectivity index (χ1n) is 9.52. The second kappa shape index (κ2) is 6.83. The van der Waals surface area contributed by atoms with E-state index in [2.05, 4.69) is 27.3 Å². The van der Waals surface area contributed by atoms with Gasteiger partial charge >= 0.3 is 0 Å². The summed E-state index contributed by atoms with van der Waals surface area (Å²) in [5, 5.41) is 8.42. The maximum atomic E-state index is 12.7. The van der Waals surface area contributed by atoms with Gasteiger partial charge in [0, 0.05) is 23.0 Å². The minimum Gasteiger partial charge on any atom is -0.353 e. The van der Waals surface area contributed by atoms with Gasteiger partial charge in [-0.2, -0.15) is 4.98 Å². The van der Waals surface area contributed by atoms with Gasteiger partial charge in [-0.05, 0) is 64.0 Å². The van der Waals surface area contributed by atoms with Crippen LogP contribution in [0.4, 0.5) is 0 Å². The summed E-state index contributed by atoms with van der Waals surface area (Å²) >= 11 is 1.49. The average molecular weight is 374 g/mol. The molecule has 1 N–H and O–H groups in total. The van der Waals surface area contributed by atoms with E-state index in [0.717, 1.165) is 28.8 Å². The zero-order valence-corrected chi connectivity index (χ0v) is 16.8. The normalized spacial score (nSPS) is 25.8. The van der Waals surface area contributed by atoms with E-state index in [4.69, 9.17) is 0 Å². The van der Waals surface area contributed by atoms with Crippen LogP contribution < -0.4 is 5.32 Å². The fraction of sp³-hybridized carbons (Fsp3) is 0.684. The molecule has 2 aliphatic carbocycles. The molecule has 0 aliphatic heterocycles. The van der Waals surface area contributed by atoms with Crippen LogP contribution in [0.1, 0.15) is 49.6 Å². The Hall–Kier alpha value is -1.63. The van der Waals surface area contributed by atoms with Gasteiger partial charge in [-0.1, -0.05) is 18.2 Å². The van der Waals surface area contributed by atoms with Crippen molar-refractivity contribution >= 4 is 23.4 Å². The minimum atomic E-state index is 0.0813. The molecule has 0 unspecified atom stereocenters. The average Bonchev–Trinajstić information content (AvgIpc) is 3.33. The fourth-order valence-electron chi connectivity index (χ4n) is 5.01. The van der Waals surface area contributed by atoms with Crippen LogP contribution in [0.25, 0.3) is 5.78 Å². The van der Waals surface area contributed by atoms with Crippen molar-refractivity contribution < 1.29 is 4.79 Å². The number of rotatable bonds is 5. The van der Waals surface area contributed by atoms with Crippen molar-refractivity contribution in [3.05, 3.63) is 17.0 Å². The number of thioether (sulfide) groups is 1. The lowest BCUT2D eigenvalue weighted by molar-refractivity contribution is -0.121. The lowest BCUT2D eigenvalue weighted by atomic mass is 9.84. The van der Waals surface area contributed by atoms with E-state index in [0.29, 0.717) is 23.3 Å². The van der Waals surface area contributed by atoms with Crippen LogP contribution in [-0.2, 0) is 11.2 Å². The lowest BCUT2D eigenvalue weighted by Crippen LogP contribution is -2.41. The third kappa shape index (κ3) is 3.10. The van der Waals surface area contributed by atoms with E-state index < -0.39 is 0 Å². The van der Waals surface area contributed by atoms with Crippen LogP contribution >= 0.6 is 11.8 Å². The van der Waals surface area contributed by atoms with E-state index in [1.807, 2.05) is 20.1 Å². The SMILES string of the molecule is CSc1nc2nc(C)c(CC(=O)N[C@H](C)[C@@H]3C[C@H]4CC[C@H]3C4)c(C)n2n1. The standard InChI is InChI=1S/C19H27N5OS/c1-10-15(12(3)24-18(21-10)22-19(23-24)26-4)9-17(25)20-11(2)16-8-13-5-6-14(16)7-13/h11,13-14,16H,5-9H2,1-4H3,(H,20,25)/t11-,13+,14+,16+/m1/s1. The summed E-state index contributed by atoms with van der Waals surface area (Å²) in [6, 6.07) is 0.254. The maximum Gasteiger partial charge on any atom is 0.253 e. The first kappa shape index (κ1) is 17.8. The summed E-state index contributed by atoms with van der Waals surface area (Å²) in [5.41, 5.74) is 2.76. The van der Waals surface area contributed by atoms with Gasteiger partial charge < -0.3 is 5.32 Å². The molecule has 2 heterocycles. The van der Waals surface area contributed by atoms with Crippen molar-refractivity contribution in [3.63, 3.8) is 0 Å². The highest BCUT2D eigenvalue weighted by atomic mass is 32.2. The Kier molecular flexibility index (Phi) is 4.67. The molecular formula is C19H27N5OS. The van der Waals surface area contributed by atoms with Crippen LogP contribution in [0, 0.1) is 31.6 Å². The summed E-state index contributed by atoms with van der Waals surface area (Å²) in [5.74, 6) is 3.05. The van der Waals surface area contributed by atoms with Crippen molar-refractivity contribution in [1.29, 1.82) is 0 Å². The Labute approximate surface area is 158 Å². The van der Waals surface area contributed by atoms with Crippen LogP contribution in [0.2, 0.25) is 0 Å². The van der Waals surface area contributed by atoms with Crippen LogP contribution in [0.3, 0.4) is 0 Å². The van der Waals surface area contributed by atoms with Gasteiger partial charge in [0.25, 0.3) is 5.78 Å². The fourth-order valence-corrected chi connectivity index (χ4v) is 5.35. The van der Waals surface area contributed by atoms with Crippen LogP contribution in [0.15, 0.2) is 5.16 Å². The maximum absolute atomic E-state index is 12.7. The first-order valence-corrected chi connectivity index (χ1v) is 10.7. The zero-order valence-electron chi connectivity index (χ0n) is 16.0. The molecule has 2 fully saturated rings. The molecule has 0 spiro atoms. The Bertz CT molecular complexity index is 848. The summed E-state index contributed by atoms with van der Waals surface area (Å²) in [6.45, 7) is 6.11. The molecule has 2 aliphatic rings. The van der Waals surface area contributed by atoms with Crippen molar-refractivity contribution in [1.82, 2.24) is 24.9 Å². The van der Waals surface area contributed by atoms with E-state index in [1.165, 1.54) is 37.4 Å². The molecule has 4 atom stereocenters. The molecule has 2 bridgehead atoms. The van der Waals surface area contributed by atoms with Crippen molar-refractivity contribution in [2.45, 2.75) is 64.1 Å². The molecule has 2 saturated carbocycles. The summed E-state index contributed by atoms with van der Waals surface area (Å²) in [6.07, 6.45) is 7.69. The van der Waals surface area contributed by atoms with Gasteiger partial charge in [0.05, 0.1) is 6.42 Å². The number of amides is 1. The Balaban J connectivity index is 1.48. The molecule has 26 heavy (non-hydrogen) atoms. The molecule has 6 nitrogen and oxygen atoms in total. The van der Waals surface area contributed by atoms with Gasteiger partial charge in [-0.3, -0.25) is 4.79 Å². The number of fused-ring (bicyclic) bond motifs is 3. The van der Waals surface area contributed by atoms with Gasteiger partial charge in [0.2, 0.25) is 11.1 Å². The Morgan fingerprint density at radius 3 is 2.77 bits per heavy atom. The highest BCUT2D eigenvalue weighted by Crippen LogP contribution is 2.49. The quantitative estimate of drug-likeness (QED) is 0.816. The van der Waals surface area contributed by atoms with E-state index >= 15 is 0 Å². The minimum absolute atomic E-state index is 0.0813. The highest BCUT2D eigenvalue weighted by molar-refractivity contribution is 7.98. The van der Waals surface area contributed by atoms with Gasteiger partial charge in [-0.15, -0.1) is 5.10 Å². The Morgan fingerprint density at radius 2 is 2.12 bits per heavy atom. The Morgan fingerprint density at radius 1 is 1.31 bits per heavy atom. The van der Waals surface area contributed by atoms with Gasteiger partial charge in [0.15, 0.2) is 0 Å². The lowest BCUT2D eigenvalue weighted by Gasteiger charge is -2.28. The number of hydrogen-bond acceptors (Lipinski definition) is 5. The van der Waals surface area contributed by atoms with Gasteiger partial charge in [0.1, 0.15) is 0 Å². The molecule has 2 aromatic rings. The van der Waals surface area contributed by atoms with E-state index in [1.54, 1.807) is 4.52 Å². The number of aryl methyl sites for hydroxylation is 2. The molecule has 140 valence electrons. The smallest absolute Gasteiger partial charge is 0.253 e. The molecule has 2 aromatic heterocycles. The number of carbonyl (C=O) groups excluding carboxylic acids is 1. The van der Waals surface area contributed by atoms with E-state index in [-0.39, 0.29) is 11.9 Å². The van der Waals surface area contributed by atoms with E-state index in [9.17, 15) is 4.79 Å². The molecule has 4 rings (SSSR count). The van der Waals surface area contributed by atoms with Crippen LogP contribution in [-0.4, -0.2) is 37.8 Å². The molecular weight excluding hydrogens is 346 g/mol. The molecule has 0 aromatic carbocycles. The number of nitrogens with zero attached hydrogens (tertiary/aromatic N) is 4. The molecule has 1 amide bonds. The molecule has 0 radical (unpaired) electrons. The predicted molar refractivity (Wildman–Crippen MR) is 102 cm³/mol. The summed E-state index contributed by atoms with van der Waals surface area (Å²) in [7, 11) is 0. The molecule has 7 heteroatoms. The highest BCUT2D eigenvalue weighted by Gasteiger charge is 2.42. The third-order valence-electron chi connectivity index (χ3n) is 6.37. The largest absolute Gasteiger partial charge is 0.353 e. The van der Waals surface area contributed by atoms with Crippen molar-refractivity contribution in [2.75, 3.05) is 6.26 Å². The van der Waals surface area contributed by atoms with Crippen LogP contribution in [0.5, 0.6) is 0 Å². The van der Waals surface area contributed by atoms with Crippen molar-refractivity contribution in [3.8, 4) is 0 Å². The topological polar surface area (TPSA) is 72.2 Å². The predicted octanol–water partition coefficient (Wildman–Crippen LogP) is 2.95. The first-order chi connectivity index (χ1) is 12.5. The number of nitrogens with one attached hydrogen (secondary N) is 1. The number of hydrogen-bond donors (Lipinski definition) is 1. The molecule has 0 saturated heterocycles. The number of carbonyl (C=O) groups is 1. The second-order valence-corrected chi connectivity index (χ2v) is 8.72. The number of aromatic nitrogens is 4. The zero-order chi connectivity index (χ0) is 18.4. The third-order valence-corrected chi connectivity index (χ3v) is 6.91. The second-order valence-electron chi connectivity index (χ2n) is 7.94. The summed E-state index contributed by atoms with van der Waals surface area (Å²) < 4.78 is 1.75. The van der Waals surface area contributed by atoms with Crippen molar-refractivity contribution in [2.24, 2.45) is 17.8 Å². The van der Waals surface area contributed by atoms with Gasteiger partial charge in [-0.25, -0.2) is 9.50 Å². The monoisotopic (exact) mass is 373 g/mol. The summed E-state index contributed by atoms with van der Waals surface area (Å²) in [4.78, 5) is 21.6.